The van der Waals surface area contributed by atoms with Gasteiger partial charge in [-0.1, -0.05) is 6.92 Å². The second-order valence-corrected chi connectivity index (χ2v) is 2.44. The molecule has 1 amide bonds. The Balaban J connectivity index is 2.96. The lowest BCUT2D eigenvalue weighted by Gasteiger charge is -2.02. The number of nitrogens with one attached hydrogen (secondary N) is 1. The van der Waals surface area contributed by atoms with Gasteiger partial charge in [-0.3, -0.25) is 4.79 Å². The van der Waals surface area contributed by atoms with Crippen molar-refractivity contribution in [3.05, 3.63) is 0 Å². The molecule has 0 aliphatic heterocycles. The van der Waals surface area contributed by atoms with Gasteiger partial charge in [-0.2, -0.15) is 0 Å². The van der Waals surface area contributed by atoms with Crippen LogP contribution in [0.1, 0.15) is 19.8 Å². The van der Waals surface area contributed by atoms with Gasteiger partial charge in [0.25, 0.3) is 0 Å². The van der Waals surface area contributed by atoms with Crippen molar-refractivity contribution in [1.29, 1.82) is 0 Å². The summed E-state index contributed by atoms with van der Waals surface area (Å²) in [5.74, 6) is 0. The zero-order valence-corrected chi connectivity index (χ0v) is 6.24. The van der Waals surface area contributed by atoms with E-state index in [9.17, 15) is 4.79 Å². The van der Waals surface area contributed by atoms with E-state index in [0.29, 0.717) is 6.54 Å². The smallest absolute Gasteiger partial charge is 0.309 e. The number of alkyl halides is 1. The Morgan fingerprint density at radius 1 is 1.78 bits per heavy atom. The summed E-state index contributed by atoms with van der Waals surface area (Å²) in [5, 5.41) is 2.61. The van der Waals surface area contributed by atoms with Gasteiger partial charge in [0.05, 0.1) is 0 Å². The first-order valence-electron chi connectivity index (χ1n) is 3.05. The van der Waals surface area contributed by atoms with Crippen LogP contribution < -0.4 is 5.32 Å². The zero-order chi connectivity index (χ0) is 7.11. The fraction of sp³-hybridized carbons (Fsp3) is 0.833. The molecule has 0 aliphatic carbocycles. The summed E-state index contributed by atoms with van der Waals surface area (Å²) in [5.41, 5.74) is 0. The van der Waals surface area contributed by atoms with E-state index >= 15 is 0 Å². The van der Waals surface area contributed by atoms with Gasteiger partial charge in [0.2, 0.25) is 0 Å². The summed E-state index contributed by atoms with van der Waals surface area (Å²) in [7, 11) is 0. The van der Waals surface area contributed by atoms with Crippen LogP contribution in [0, 0.1) is 0 Å². The molecule has 1 unspecified atom stereocenters. The lowest BCUT2D eigenvalue weighted by Crippen LogP contribution is -2.15. The van der Waals surface area contributed by atoms with Crippen LogP contribution in [-0.2, 0) is 4.79 Å². The van der Waals surface area contributed by atoms with Crippen LogP contribution in [0.4, 0.5) is 0 Å². The standard InChI is InChI=1S/C6H11ClNO/c1-2-6(7)3-4-8-5-9/h6H,2-4H2,1H3,(H,8,9). The van der Waals surface area contributed by atoms with Crippen molar-refractivity contribution < 1.29 is 4.79 Å². The molecule has 3 heteroatoms. The molecular formula is C6H11ClNO. The molecule has 0 bridgehead atoms. The fourth-order valence-corrected chi connectivity index (χ4v) is 0.593. The van der Waals surface area contributed by atoms with E-state index in [0.717, 1.165) is 12.8 Å². The normalized spacial score (nSPS) is 12.7. The number of halogens is 1. The summed E-state index contributed by atoms with van der Waals surface area (Å²) < 4.78 is 0. The molecular weight excluding hydrogens is 138 g/mol. The average Bonchev–Trinajstić information content (AvgIpc) is 1.89. The summed E-state index contributed by atoms with van der Waals surface area (Å²) in [6.45, 7) is 2.65. The Bertz CT molecular complexity index is 77.5. The molecule has 0 saturated heterocycles. The molecule has 0 saturated carbocycles. The van der Waals surface area contributed by atoms with Crippen molar-refractivity contribution in [3.63, 3.8) is 0 Å². The highest BCUT2D eigenvalue weighted by Gasteiger charge is 1.98. The Morgan fingerprint density at radius 3 is 2.89 bits per heavy atom. The Kier molecular flexibility index (Phi) is 5.73. The minimum atomic E-state index is 0.186. The lowest BCUT2D eigenvalue weighted by atomic mass is 10.2. The average molecular weight is 149 g/mol. The first kappa shape index (κ1) is 8.76. The maximum absolute atomic E-state index is 9.60. The molecule has 1 N–H and O–H groups in total. The van der Waals surface area contributed by atoms with E-state index in [4.69, 9.17) is 11.6 Å². The van der Waals surface area contributed by atoms with Gasteiger partial charge >= 0.3 is 6.41 Å². The highest BCUT2D eigenvalue weighted by atomic mass is 35.5. The van der Waals surface area contributed by atoms with Crippen LogP contribution in [-0.4, -0.2) is 18.3 Å². The van der Waals surface area contributed by atoms with E-state index in [1.165, 1.54) is 0 Å². The largest absolute Gasteiger partial charge is 0.348 e. The van der Waals surface area contributed by atoms with Crippen LogP contribution >= 0.6 is 11.6 Å². The van der Waals surface area contributed by atoms with Crippen LogP contribution in [0.2, 0.25) is 0 Å². The van der Waals surface area contributed by atoms with Crippen LogP contribution in [0.5, 0.6) is 0 Å². The Hall–Kier alpha value is -0.240. The minimum Gasteiger partial charge on any atom is -0.348 e. The van der Waals surface area contributed by atoms with Gasteiger partial charge in [0.15, 0.2) is 0 Å². The van der Waals surface area contributed by atoms with E-state index in [2.05, 4.69) is 5.32 Å². The molecule has 0 aromatic carbocycles. The van der Waals surface area contributed by atoms with Crippen molar-refractivity contribution in [2.75, 3.05) is 6.54 Å². The Morgan fingerprint density at radius 2 is 2.44 bits per heavy atom. The topological polar surface area (TPSA) is 29.1 Å². The summed E-state index contributed by atoms with van der Waals surface area (Å²) in [6, 6.07) is 0. The Labute approximate surface area is 60.6 Å². The van der Waals surface area contributed by atoms with Crippen LogP contribution in [0.3, 0.4) is 0 Å². The van der Waals surface area contributed by atoms with Crippen molar-refractivity contribution in [2.45, 2.75) is 25.1 Å². The van der Waals surface area contributed by atoms with E-state index in [1.54, 1.807) is 6.41 Å². The summed E-state index contributed by atoms with van der Waals surface area (Å²) >= 11 is 5.73. The highest BCUT2D eigenvalue weighted by Crippen LogP contribution is 2.03. The van der Waals surface area contributed by atoms with Gasteiger partial charge in [-0.25, -0.2) is 0 Å². The van der Waals surface area contributed by atoms with Crippen molar-refractivity contribution >= 4 is 18.0 Å². The van der Waals surface area contributed by atoms with E-state index in [1.807, 2.05) is 6.92 Å². The van der Waals surface area contributed by atoms with Crippen LogP contribution in [0.25, 0.3) is 0 Å². The number of hydrogen-bond acceptors (Lipinski definition) is 1. The number of hydrogen-bond donors (Lipinski definition) is 1. The molecule has 0 spiro atoms. The molecule has 1 atom stereocenters. The molecule has 2 nitrogen and oxygen atoms in total. The molecule has 0 heterocycles. The second-order valence-electron chi connectivity index (χ2n) is 1.82. The predicted octanol–water partition coefficient (Wildman–Crippen LogP) is 1.05. The summed E-state index contributed by atoms with van der Waals surface area (Å²) in [6.07, 6.45) is 3.36. The van der Waals surface area contributed by atoms with Crippen molar-refractivity contribution in [3.8, 4) is 0 Å². The molecule has 9 heavy (non-hydrogen) atoms. The summed E-state index contributed by atoms with van der Waals surface area (Å²) in [4.78, 5) is 9.60. The zero-order valence-electron chi connectivity index (χ0n) is 5.48. The number of carbonyl (C=O) groups excluding carboxylic acids is 1. The molecule has 0 aliphatic rings. The monoisotopic (exact) mass is 148 g/mol. The predicted molar refractivity (Wildman–Crippen MR) is 38.2 cm³/mol. The third-order valence-electron chi connectivity index (χ3n) is 1.10. The van der Waals surface area contributed by atoms with Crippen molar-refractivity contribution in [1.82, 2.24) is 5.32 Å². The fourth-order valence-electron chi connectivity index (χ4n) is 0.484. The van der Waals surface area contributed by atoms with E-state index < -0.39 is 0 Å². The third kappa shape index (κ3) is 5.63. The van der Waals surface area contributed by atoms with Gasteiger partial charge in [0, 0.05) is 11.9 Å². The van der Waals surface area contributed by atoms with Gasteiger partial charge < -0.3 is 5.32 Å². The van der Waals surface area contributed by atoms with E-state index in [-0.39, 0.29) is 5.38 Å². The number of amides is 1. The first-order chi connectivity index (χ1) is 4.31. The maximum Gasteiger partial charge on any atom is 0.309 e. The molecule has 0 rings (SSSR count). The molecule has 0 fully saturated rings. The first-order valence-corrected chi connectivity index (χ1v) is 3.49. The highest BCUT2D eigenvalue weighted by molar-refractivity contribution is 6.20. The molecule has 53 valence electrons. The van der Waals surface area contributed by atoms with Crippen LogP contribution in [0.15, 0.2) is 0 Å². The third-order valence-corrected chi connectivity index (χ3v) is 1.62. The lowest BCUT2D eigenvalue weighted by molar-refractivity contribution is 0.539. The van der Waals surface area contributed by atoms with Gasteiger partial charge in [0.1, 0.15) is 0 Å². The van der Waals surface area contributed by atoms with Gasteiger partial charge in [-0.05, 0) is 12.8 Å². The number of rotatable bonds is 5. The molecule has 0 aromatic heterocycles. The SMILES string of the molecule is CCC(Cl)CCN[C]=O. The second kappa shape index (κ2) is 5.89. The maximum atomic E-state index is 9.60. The molecule has 1 radical (unpaired) electrons. The van der Waals surface area contributed by atoms with Gasteiger partial charge in [-0.15, -0.1) is 11.6 Å². The minimum absolute atomic E-state index is 0.186. The molecule has 0 aromatic rings. The quantitative estimate of drug-likeness (QED) is 0.353. The van der Waals surface area contributed by atoms with Crippen molar-refractivity contribution in [2.24, 2.45) is 0 Å².